The van der Waals surface area contributed by atoms with Crippen LogP contribution in [-0.2, 0) is 9.53 Å². The molecule has 0 aromatic heterocycles. The highest BCUT2D eigenvalue weighted by atomic mass is 32.1. The molecule has 0 bridgehead atoms. The van der Waals surface area contributed by atoms with E-state index < -0.39 is 24.0 Å². The molecule has 2 amide bonds. The quantitative estimate of drug-likeness (QED) is 0.732. The van der Waals surface area contributed by atoms with Crippen molar-refractivity contribution in [1.29, 1.82) is 0 Å². The van der Waals surface area contributed by atoms with Crippen LogP contribution in [-0.4, -0.2) is 52.9 Å². The number of nitrogens with zero attached hydrogens (tertiary/aromatic N) is 1. The van der Waals surface area contributed by atoms with Gasteiger partial charge in [-0.1, -0.05) is 6.07 Å². The van der Waals surface area contributed by atoms with Gasteiger partial charge in [0.2, 0.25) is 5.91 Å². The molecule has 0 spiro atoms. The van der Waals surface area contributed by atoms with E-state index in [0.717, 1.165) is 0 Å². The second-order valence-electron chi connectivity index (χ2n) is 4.90. The van der Waals surface area contributed by atoms with Gasteiger partial charge in [-0.2, -0.15) is 12.6 Å². The predicted octanol–water partition coefficient (Wildman–Crippen LogP) is 1.46. The van der Waals surface area contributed by atoms with Crippen molar-refractivity contribution < 1.29 is 24.2 Å². The van der Waals surface area contributed by atoms with Crippen LogP contribution < -0.4 is 5.32 Å². The molecule has 7 nitrogen and oxygen atoms in total. The number of aromatic carboxylic acids is 1. The Morgan fingerprint density at radius 1 is 1.41 bits per heavy atom. The van der Waals surface area contributed by atoms with Crippen molar-refractivity contribution in [3.8, 4) is 0 Å². The summed E-state index contributed by atoms with van der Waals surface area (Å²) in [6.07, 6.45) is -0.182. The Kier molecular flexibility index (Phi) is 4.92. The molecule has 0 aliphatic carbocycles. The maximum atomic E-state index is 12.3. The lowest BCUT2D eigenvalue weighted by Crippen LogP contribution is -2.43. The Balaban J connectivity index is 2.12. The van der Waals surface area contributed by atoms with Crippen LogP contribution in [0.5, 0.6) is 0 Å². The van der Waals surface area contributed by atoms with Crippen LogP contribution in [0, 0.1) is 0 Å². The third kappa shape index (κ3) is 3.51. The molecule has 0 radical (unpaired) electrons. The van der Waals surface area contributed by atoms with E-state index in [4.69, 9.17) is 5.11 Å². The molecule has 1 aromatic carbocycles. The first-order valence-electron chi connectivity index (χ1n) is 6.59. The Labute approximate surface area is 132 Å². The van der Waals surface area contributed by atoms with Gasteiger partial charge >= 0.3 is 12.1 Å². The molecule has 1 aliphatic rings. The molecule has 1 aromatic rings. The molecule has 8 heteroatoms. The van der Waals surface area contributed by atoms with E-state index in [9.17, 15) is 14.4 Å². The number of amides is 2. The molecule has 1 fully saturated rings. The molecule has 2 atom stereocenters. The zero-order valence-corrected chi connectivity index (χ0v) is 12.7. The van der Waals surface area contributed by atoms with Crippen LogP contribution in [0.4, 0.5) is 10.5 Å². The van der Waals surface area contributed by atoms with Crippen molar-refractivity contribution in [2.75, 3.05) is 19.0 Å². The summed E-state index contributed by atoms with van der Waals surface area (Å²) >= 11 is 4.30. The highest BCUT2D eigenvalue weighted by molar-refractivity contribution is 7.81. The largest absolute Gasteiger partial charge is 0.478 e. The first kappa shape index (κ1) is 16.2. The maximum Gasteiger partial charge on any atom is 0.410 e. The molecule has 0 unspecified atom stereocenters. The van der Waals surface area contributed by atoms with Gasteiger partial charge in [0.15, 0.2) is 0 Å². The van der Waals surface area contributed by atoms with Gasteiger partial charge in [0.05, 0.1) is 12.7 Å². The van der Waals surface area contributed by atoms with Gasteiger partial charge in [0.25, 0.3) is 0 Å². The number of benzene rings is 1. The number of likely N-dealkylation sites (tertiary alicyclic amines) is 1. The first-order valence-corrected chi connectivity index (χ1v) is 7.11. The number of carboxylic acids is 1. The summed E-state index contributed by atoms with van der Waals surface area (Å²) in [6.45, 7) is 0.322. The smallest absolute Gasteiger partial charge is 0.410 e. The van der Waals surface area contributed by atoms with Gasteiger partial charge in [-0.25, -0.2) is 9.59 Å². The molecular formula is C14H16N2O5S. The molecule has 22 heavy (non-hydrogen) atoms. The fourth-order valence-electron chi connectivity index (χ4n) is 2.34. The minimum absolute atomic E-state index is 0.0705. The van der Waals surface area contributed by atoms with E-state index in [2.05, 4.69) is 22.7 Å². The predicted molar refractivity (Wildman–Crippen MR) is 82.3 cm³/mol. The fraction of sp³-hybridized carbons (Fsp3) is 0.357. The highest BCUT2D eigenvalue weighted by Gasteiger charge is 2.39. The monoisotopic (exact) mass is 324 g/mol. The lowest BCUT2D eigenvalue weighted by atomic mass is 10.1. The molecule has 2 N–H and O–H groups in total. The topological polar surface area (TPSA) is 95.9 Å². The lowest BCUT2D eigenvalue weighted by Gasteiger charge is -2.22. The molecule has 118 valence electrons. The van der Waals surface area contributed by atoms with Crippen molar-refractivity contribution in [3.63, 3.8) is 0 Å². The number of carbonyl (C=O) groups excluding carboxylic acids is 2. The van der Waals surface area contributed by atoms with Gasteiger partial charge in [0, 0.05) is 17.5 Å². The van der Waals surface area contributed by atoms with Crippen molar-refractivity contribution in [2.45, 2.75) is 17.7 Å². The van der Waals surface area contributed by atoms with Crippen LogP contribution in [0.3, 0.4) is 0 Å². The standard InChI is InChI=1S/C14H16N2O5S/c1-21-14(20)16-7-10(22)6-11(16)12(17)15-9-4-2-3-8(5-9)13(18)19/h2-5,10-11,22H,6-7H2,1H3,(H,15,17)(H,18,19)/t10-,11-/m0/s1. The molecular weight excluding hydrogens is 308 g/mol. The molecule has 1 aliphatic heterocycles. The number of nitrogens with one attached hydrogen (secondary N) is 1. The maximum absolute atomic E-state index is 12.3. The summed E-state index contributed by atoms with van der Waals surface area (Å²) in [5.41, 5.74) is 0.429. The van der Waals surface area contributed by atoms with Crippen molar-refractivity contribution in [3.05, 3.63) is 29.8 Å². The Bertz CT molecular complexity index is 607. The average Bonchev–Trinajstić information content (AvgIpc) is 2.88. The van der Waals surface area contributed by atoms with Gasteiger partial charge in [-0.15, -0.1) is 0 Å². The average molecular weight is 324 g/mol. The second kappa shape index (κ2) is 6.69. The summed E-state index contributed by atoms with van der Waals surface area (Å²) in [4.78, 5) is 36.3. The molecule has 2 rings (SSSR count). The Hall–Kier alpha value is -2.22. The van der Waals surface area contributed by atoms with Gasteiger partial charge < -0.3 is 15.2 Å². The van der Waals surface area contributed by atoms with E-state index in [1.807, 2.05) is 0 Å². The normalized spacial score (nSPS) is 20.5. The number of thiol groups is 1. The molecule has 1 heterocycles. The summed E-state index contributed by atoms with van der Waals surface area (Å²) in [5, 5.41) is 11.5. The van der Waals surface area contributed by atoms with Crippen molar-refractivity contribution in [2.24, 2.45) is 0 Å². The number of hydrogen-bond acceptors (Lipinski definition) is 5. The van der Waals surface area contributed by atoms with Crippen LogP contribution in [0.1, 0.15) is 16.8 Å². The number of methoxy groups -OCH3 is 1. The third-order valence-electron chi connectivity index (χ3n) is 3.37. The Morgan fingerprint density at radius 3 is 2.77 bits per heavy atom. The summed E-state index contributed by atoms with van der Waals surface area (Å²) in [5.74, 6) is -1.48. The van der Waals surface area contributed by atoms with E-state index in [-0.39, 0.29) is 10.8 Å². The second-order valence-corrected chi connectivity index (χ2v) is 5.63. The summed E-state index contributed by atoms with van der Waals surface area (Å²) in [6, 6.07) is 5.21. The minimum atomic E-state index is -1.08. The van der Waals surface area contributed by atoms with Crippen molar-refractivity contribution >= 4 is 36.3 Å². The third-order valence-corrected chi connectivity index (χ3v) is 3.74. The van der Waals surface area contributed by atoms with E-state index >= 15 is 0 Å². The van der Waals surface area contributed by atoms with Gasteiger partial charge in [-0.3, -0.25) is 9.69 Å². The Morgan fingerprint density at radius 2 is 2.14 bits per heavy atom. The zero-order chi connectivity index (χ0) is 16.3. The SMILES string of the molecule is COC(=O)N1C[C@@H](S)C[C@H]1C(=O)Nc1cccc(C(=O)O)c1. The van der Waals surface area contributed by atoms with Crippen LogP contribution in [0.15, 0.2) is 24.3 Å². The van der Waals surface area contributed by atoms with Crippen LogP contribution in [0.2, 0.25) is 0 Å². The van der Waals surface area contributed by atoms with E-state index in [0.29, 0.717) is 18.7 Å². The number of hydrogen-bond donors (Lipinski definition) is 3. The summed E-state index contributed by atoms with van der Waals surface area (Å²) in [7, 11) is 1.25. The highest BCUT2D eigenvalue weighted by Crippen LogP contribution is 2.24. The molecule has 0 saturated carbocycles. The summed E-state index contributed by atoms with van der Waals surface area (Å²) < 4.78 is 4.66. The van der Waals surface area contributed by atoms with Gasteiger partial charge in [0.1, 0.15) is 6.04 Å². The first-order chi connectivity index (χ1) is 10.4. The zero-order valence-electron chi connectivity index (χ0n) is 11.9. The number of anilines is 1. The minimum Gasteiger partial charge on any atom is -0.478 e. The van der Waals surface area contributed by atoms with Gasteiger partial charge in [-0.05, 0) is 24.6 Å². The molecule has 1 saturated heterocycles. The number of rotatable bonds is 3. The van der Waals surface area contributed by atoms with E-state index in [1.165, 1.54) is 30.2 Å². The van der Waals surface area contributed by atoms with E-state index in [1.54, 1.807) is 6.07 Å². The number of ether oxygens (including phenoxy) is 1. The number of carbonyl (C=O) groups is 3. The number of carboxylic acid groups (broad SMARTS) is 1. The van der Waals surface area contributed by atoms with Crippen LogP contribution in [0.25, 0.3) is 0 Å². The lowest BCUT2D eigenvalue weighted by molar-refractivity contribution is -0.119. The fourth-order valence-corrected chi connectivity index (χ4v) is 2.71. The van der Waals surface area contributed by atoms with Crippen LogP contribution >= 0.6 is 12.6 Å². The van der Waals surface area contributed by atoms with Crippen molar-refractivity contribution in [1.82, 2.24) is 4.90 Å².